The molecule has 1 aliphatic carbocycles. The molecule has 0 atom stereocenters. The fourth-order valence-electron chi connectivity index (χ4n) is 1.68. The molecule has 0 aromatic heterocycles. The average molecular weight is 189 g/mol. The Morgan fingerprint density at radius 2 is 2.14 bits per heavy atom. The first-order valence-corrected chi connectivity index (χ1v) is 4.49. The highest BCUT2D eigenvalue weighted by atomic mass is 16.4. The van der Waals surface area contributed by atoms with Crippen LogP contribution in [-0.2, 0) is 11.2 Å². The molecule has 0 bridgehead atoms. The van der Waals surface area contributed by atoms with Crippen LogP contribution in [-0.4, -0.2) is 11.1 Å². The number of aryl methyl sites for hydroxylation is 1. The zero-order valence-electron chi connectivity index (χ0n) is 7.66. The van der Waals surface area contributed by atoms with Crippen molar-refractivity contribution in [2.75, 3.05) is 5.73 Å². The van der Waals surface area contributed by atoms with Crippen molar-refractivity contribution in [2.45, 2.75) is 12.8 Å². The minimum atomic E-state index is -0.826. The van der Waals surface area contributed by atoms with E-state index in [9.17, 15) is 4.79 Å². The minimum Gasteiger partial charge on any atom is -0.478 e. The van der Waals surface area contributed by atoms with E-state index in [1.54, 1.807) is 12.1 Å². The van der Waals surface area contributed by atoms with Crippen LogP contribution in [0.3, 0.4) is 0 Å². The number of carbonyl (C=O) groups is 1. The van der Waals surface area contributed by atoms with E-state index in [2.05, 4.69) is 0 Å². The molecule has 0 amide bonds. The van der Waals surface area contributed by atoms with E-state index in [0.717, 1.165) is 23.2 Å². The topological polar surface area (TPSA) is 63.3 Å². The number of carboxylic acid groups (broad SMARTS) is 1. The lowest BCUT2D eigenvalue weighted by Crippen LogP contribution is -2.07. The Morgan fingerprint density at radius 1 is 1.36 bits per heavy atom. The number of nitrogens with two attached hydrogens (primary N) is 1. The maximum absolute atomic E-state index is 10.7. The van der Waals surface area contributed by atoms with Crippen molar-refractivity contribution in [3.63, 3.8) is 0 Å². The SMILES string of the molecule is Nc1ccc2c(c1)CCC(C(=O)O)=C2. The van der Waals surface area contributed by atoms with Gasteiger partial charge in [-0.2, -0.15) is 0 Å². The van der Waals surface area contributed by atoms with Crippen LogP contribution < -0.4 is 5.73 Å². The molecule has 0 aliphatic heterocycles. The van der Waals surface area contributed by atoms with Gasteiger partial charge in [-0.3, -0.25) is 0 Å². The molecule has 3 heteroatoms. The molecule has 0 unspecified atom stereocenters. The van der Waals surface area contributed by atoms with Crippen LogP contribution in [0.5, 0.6) is 0 Å². The van der Waals surface area contributed by atoms with Gasteiger partial charge in [0.15, 0.2) is 0 Å². The summed E-state index contributed by atoms with van der Waals surface area (Å²) in [7, 11) is 0. The Bertz CT molecular complexity index is 421. The first-order chi connectivity index (χ1) is 6.66. The van der Waals surface area contributed by atoms with Crippen molar-refractivity contribution in [1.29, 1.82) is 0 Å². The van der Waals surface area contributed by atoms with E-state index in [-0.39, 0.29) is 0 Å². The average Bonchev–Trinajstić information content (AvgIpc) is 2.16. The third kappa shape index (κ3) is 1.48. The fourth-order valence-corrected chi connectivity index (χ4v) is 1.68. The summed E-state index contributed by atoms with van der Waals surface area (Å²) in [6.07, 6.45) is 3.07. The van der Waals surface area contributed by atoms with Gasteiger partial charge in [0.25, 0.3) is 0 Å². The second-order valence-corrected chi connectivity index (χ2v) is 3.43. The van der Waals surface area contributed by atoms with Crippen LogP contribution in [0.1, 0.15) is 17.5 Å². The van der Waals surface area contributed by atoms with Gasteiger partial charge < -0.3 is 10.8 Å². The van der Waals surface area contributed by atoms with Gasteiger partial charge in [0.05, 0.1) is 0 Å². The van der Waals surface area contributed by atoms with Gasteiger partial charge in [0, 0.05) is 11.3 Å². The van der Waals surface area contributed by atoms with Gasteiger partial charge in [-0.05, 0) is 42.2 Å². The molecule has 0 saturated heterocycles. The third-order valence-corrected chi connectivity index (χ3v) is 2.44. The molecular formula is C11H11NO2. The number of aliphatic carboxylic acids is 1. The Labute approximate surface area is 81.9 Å². The second kappa shape index (κ2) is 3.18. The lowest BCUT2D eigenvalue weighted by molar-refractivity contribution is -0.132. The lowest BCUT2D eigenvalue weighted by Gasteiger charge is -2.14. The summed E-state index contributed by atoms with van der Waals surface area (Å²) >= 11 is 0. The fraction of sp³-hybridized carbons (Fsp3) is 0.182. The van der Waals surface area contributed by atoms with Crippen molar-refractivity contribution in [2.24, 2.45) is 0 Å². The molecule has 72 valence electrons. The predicted octanol–water partition coefficient (Wildman–Crippen LogP) is 1.68. The molecule has 0 heterocycles. The summed E-state index contributed by atoms with van der Waals surface area (Å²) < 4.78 is 0. The molecule has 0 spiro atoms. The Morgan fingerprint density at radius 3 is 2.86 bits per heavy atom. The molecule has 3 nitrogen and oxygen atoms in total. The van der Waals surface area contributed by atoms with Gasteiger partial charge in [-0.25, -0.2) is 4.79 Å². The summed E-state index contributed by atoms with van der Waals surface area (Å²) in [6.45, 7) is 0. The molecule has 0 fully saturated rings. The molecule has 1 aliphatic rings. The van der Waals surface area contributed by atoms with Crippen molar-refractivity contribution in [1.82, 2.24) is 0 Å². The Balaban J connectivity index is 2.45. The number of nitrogen functional groups attached to an aromatic ring is 1. The molecule has 14 heavy (non-hydrogen) atoms. The number of benzene rings is 1. The second-order valence-electron chi connectivity index (χ2n) is 3.43. The number of carboxylic acids is 1. The Kier molecular flexibility index (Phi) is 2.00. The highest BCUT2D eigenvalue weighted by Gasteiger charge is 2.14. The van der Waals surface area contributed by atoms with Crippen LogP contribution in [0, 0.1) is 0 Å². The van der Waals surface area contributed by atoms with E-state index in [1.807, 2.05) is 12.1 Å². The summed E-state index contributed by atoms with van der Waals surface area (Å²) in [5.41, 5.74) is 8.96. The molecule has 3 N–H and O–H groups in total. The quantitative estimate of drug-likeness (QED) is 0.660. The minimum absolute atomic E-state index is 0.474. The van der Waals surface area contributed by atoms with E-state index in [1.165, 1.54) is 0 Å². The monoisotopic (exact) mass is 189 g/mol. The van der Waals surface area contributed by atoms with Gasteiger partial charge in [-0.1, -0.05) is 6.07 Å². The molecular weight excluding hydrogens is 178 g/mol. The molecule has 0 radical (unpaired) electrons. The van der Waals surface area contributed by atoms with Gasteiger partial charge in [0.2, 0.25) is 0 Å². The zero-order chi connectivity index (χ0) is 10.1. The molecule has 1 aromatic carbocycles. The number of anilines is 1. The van der Waals surface area contributed by atoms with E-state index < -0.39 is 5.97 Å². The van der Waals surface area contributed by atoms with E-state index in [4.69, 9.17) is 10.8 Å². The van der Waals surface area contributed by atoms with Crippen LogP contribution >= 0.6 is 0 Å². The summed E-state index contributed by atoms with van der Waals surface area (Å²) in [5, 5.41) is 8.83. The first kappa shape index (κ1) is 8.81. The van der Waals surface area contributed by atoms with Gasteiger partial charge >= 0.3 is 5.97 Å². The largest absolute Gasteiger partial charge is 0.478 e. The summed E-state index contributed by atoms with van der Waals surface area (Å²) in [6, 6.07) is 5.57. The molecule has 0 saturated carbocycles. The normalized spacial score (nSPS) is 14.4. The maximum Gasteiger partial charge on any atom is 0.331 e. The van der Waals surface area contributed by atoms with Crippen molar-refractivity contribution in [3.05, 3.63) is 34.9 Å². The molecule has 1 aromatic rings. The number of fused-ring (bicyclic) bond motifs is 1. The summed E-state index contributed by atoms with van der Waals surface area (Å²) in [5.74, 6) is -0.826. The van der Waals surface area contributed by atoms with Crippen LogP contribution in [0.4, 0.5) is 5.69 Å². The third-order valence-electron chi connectivity index (χ3n) is 2.44. The number of hydrogen-bond acceptors (Lipinski definition) is 2. The van der Waals surface area contributed by atoms with Gasteiger partial charge in [-0.15, -0.1) is 0 Å². The molecule has 2 rings (SSSR count). The van der Waals surface area contributed by atoms with Crippen molar-refractivity contribution in [3.8, 4) is 0 Å². The zero-order valence-corrected chi connectivity index (χ0v) is 7.66. The highest BCUT2D eigenvalue weighted by Crippen LogP contribution is 2.25. The lowest BCUT2D eigenvalue weighted by atomic mass is 9.92. The van der Waals surface area contributed by atoms with Crippen molar-refractivity contribution < 1.29 is 9.90 Å². The number of rotatable bonds is 1. The standard InChI is InChI=1S/C11H11NO2/c12-10-4-3-7-5-9(11(13)14)2-1-8(7)6-10/h3-6H,1-2,12H2,(H,13,14). The predicted molar refractivity (Wildman–Crippen MR) is 54.8 cm³/mol. The smallest absolute Gasteiger partial charge is 0.331 e. The highest BCUT2D eigenvalue weighted by molar-refractivity contribution is 5.93. The van der Waals surface area contributed by atoms with E-state index >= 15 is 0 Å². The van der Waals surface area contributed by atoms with Crippen molar-refractivity contribution >= 4 is 17.7 Å². The Hall–Kier alpha value is -1.77. The van der Waals surface area contributed by atoms with E-state index in [0.29, 0.717) is 12.0 Å². The van der Waals surface area contributed by atoms with Crippen LogP contribution in [0.25, 0.3) is 6.08 Å². The van der Waals surface area contributed by atoms with Crippen LogP contribution in [0.15, 0.2) is 23.8 Å². The summed E-state index contributed by atoms with van der Waals surface area (Å²) in [4.78, 5) is 10.7. The maximum atomic E-state index is 10.7. The van der Waals surface area contributed by atoms with Gasteiger partial charge in [0.1, 0.15) is 0 Å². The number of hydrogen-bond donors (Lipinski definition) is 2. The first-order valence-electron chi connectivity index (χ1n) is 4.49. The van der Waals surface area contributed by atoms with Crippen LogP contribution in [0.2, 0.25) is 0 Å².